The fourth-order valence-corrected chi connectivity index (χ4v) is 4.62. The van der Waals surface area contributed by atoms with E-state index in [0.29, 0.717) is 6.42 Å². The van der Waals surface area contributed by atoms with Gasteiger partial charge in [0.05, 0.1) is 30.0 Å². The third-order valence-electron chi connectivity index (χ3n) is 6.25. The second-order valence-electron chi connectivity index (χ2n) is 11.5. The molecule has 2 saturated heterocycles. The number of ether oxygens (including phenoxy) is 4. The minimum atomic E-state index is -1.44. The fourth-order valence-electron chi connectivity index (χ4n) is 4.62. The summed E-state index contributed by atoms with van der Waals surface area (Å²) in [5, 5.41) is 24.8. The van der Waals surface area contributed by atoms with E-state index < -0.39 is 48.5 Å². The monoisotopic (exact) mass is 487 g/mol. The van der Waals surface area contributed by atoms with Crippen LogP contribution in [0.3, 0.4) is 0 Å². The highest BCUT2D eigenvalue weighted by molar-refractivity contribution is 5.83. The van der Waals surface area contributed by atoms with Crippen molar-refractivity contribution in [2.75, 3.05) is 0 Å². The number of aliphatic hydroxyl groups excluding tert-OH is 2. The lowest BCUT2D eigenvalue weighted by atomic mass is 9.79. The minimum absolute atomic E-state index is 0.116. The molecular weight excluding hydrogens is 442 g/mol. The molecule has 3 N–H and O–H groups in total. The lowest BCUT2D eigenvalue weighted by molar-refractivity contribution is -0.325. The Morgan fingerprint density at radius 3 is 2.12 bits per heavy atom. The smallest absolute Gasteiger partial charge is 0.217 e. The Balaban J connectivity index is 2.35. The van der Waals surface area contributed by atoms with Crippen LogP contribution < -0.4 is 5.32 Å². The summed E-state index contributed by atoms with van der Waals surface area (Å²) in [6, 6.07) is -0.503. The van der Waals surface area contributed by atoms with Gasteiger partial charge in [-0.15, -0.1) is 0 Å². The third kappa shape index (κ3) is 7.21. The van der Waals surface area contributed by atoms with Crippen LogP contribution in [0.15, 0.2) is 0 Å². The zero-order valence-electron chi connectivity index (χ0n) is 22.2. The molecule has 0 saturated carbocycles. The molecule has 0 aromatic heterocycles. The molecule has 9 nitrogen and oxygen atoms in total. The average molecular weight is 488 g/mol. The molecule has 2 fully saturated rings. The normalized spacial score (nSPS) is 37.3. The van der Waals surface area contributed by atoms with E-state index in [0.717, 1.165) is 6.42 Å². The SMILES string of the molecule is CCC(=O)C1OC(OC2CC(CC)OC(C(C)(C)C)C2NC(C)=O)C(O)C(O)C1OC(C)(C)C. The van der Waals surface area contributed by atoms with Gasteiger partial charge in [0.25, 0.3) is 0 Å². The van der Waals surface area contributed by atoms with E-state index in [1.165, 1.54) is 6.92 Å². The van der Waals surface area contributed by atoms with Crippen molar-refractivity contribution in [1.82, 2.24) is 5.32 Å². The summed E-state index contributed by atoms with van der Waals surface area (Å²) >= 11 is 0. The van der Waals surface area contributed by atoms with Crippen molar-refractivity contribution in [1.29, 1.82) is 0 Å². The molecule has 2 aliphatic rings. The van der Waals surface area contributed by atoms with E-state index in [-0.39, 0.29) is 35.7 Å². The van der Waals surface area contributed by atoms with E-state index in [2.05, 4.69) is 5.32 Å². The van der Waals surface area contributed by atoms with Gasteiger partial charge in [-0.1, -0.05) is 34.6 Å². The van der Waals surface area contributed by atoms with Crippen LogP contribution >= 0.6 is 0 Å². The molecule has 0 aliphatic carbocycles. The maximum absolute atomic E-state index is 12.7. The summed E-state index contributed by atoms with van der Waals surface area (Å²) in [6.07, 6.45) is -5.87. The fraction of sp³-hybridized carbons (Fsp3) is 0.920. The van der Waals surface area contributed by atoms with Crippen molar-refractivity contribution in [3.05, 3.63) is 0 Å². The average Bonchev–Trinajstić information content (AvgIpc) is 2.71. The zero-order valence-corrected chi connectivity index (χ0v) is 22.2. The van der Waals surface area contributed by atoms with Gasteiger partial charge < -0.3 is 34.5 Å². The number of carbonyl (C=O) groups excluding carboxylic acids is 2. The van der Waals surface area contributed by atoms with Crippen LogP contribution in [0, 0.1) is 5.41 Å². The molecule has 198 valence electrons. The number of carbonyl (C=O) groups is 2. The third-order valence-corrected chi connectivity index (χ3v) is 6.25. The molecule has 2 aliphatic heterocycles. The van der Waals surface area contributed by atoms with Gasteiger partial charge in [-0.25, -0.2) is 0 Å². The van der Waals surface area contributed by atoms with Crippen molar-refractivity contribution in [3.63, 3.8) is 0 Å². The maximum Gasteiger partial charge on any atom is 0.217 e. The van der Waals surface area contributed by atoms with Crippen molar-refractivity contribution >= 4 is 11.7 Å². The molecule has 0 aromatic rings. The van der Waals surface area contributed by atoms with E-state index >= 15 is 0 Å². The summed E-state index contributed by atoms with van der Waals surface area (Å²) in [7, 11) is 0. The van der Waals surface area contributed by atoms with Crippen molar-refractivity contribution in [2.24, 2.45) is 5.41 Å². The zero-order chi connectivity index (χ0) is 26.0. The Labute approximate surface area is 203 Å². The molecule has 9 heteroatoms. The van der Waals surface area contributed by atoms with E-state index in [4.69, 9.17) is 18.9 Å². The number of rotatable bonds is 7. The van der Waals surface area contributed by atoms with Gasteiger partial charge in [-0.2, -0.15) is 0 Å². The second-order valence-corrected chi connectivity index (χ2v) is 11.5. The van der Waals surface area contributed by atoms with Crippen molar-refractivity contribution in [2.45, 2.75) is 142 Å². The molecule has 2 heterocycles. The van der Waals surface area contributed by atoms with Crippen LogP contribution in [0.25, 0.3) is 0 Å². The number of nitrogens with one attached hydrogen (secondary N) is 1. The number of hydrogen-bond acceptors (Lipinski definition) is 8. The second kappa shape index (κ2) is 11.3. The number of Topliss-reactive ketones (excluding diaryl/α,β-unsaturated/α-hetero) is 1. The maximum atomic E-state index is 12.7. The number of hydrogen-bond donors (Lipinski definition) is 3. The predicted molar refractivity (Wildman–Crippen MR) is 126 cm³/mol. The lowest BCUT2D eigenvalue weighted by Gasteiger charge is -2.49. The Morgan fingerprint density at radius 2 is 1.65 bits per heavy atom. The summed E-state index contributed by atoms with van der Waals surface area (Å²) in [5.74, 6) is -0.479. The highest BCUT2D eigenvalue weighted by atomic mass is 16.7. The minimum Gasteiger partial charge on any atom is -0.387 e. The van der Waals surface area contributed by atoms with Crippen LogP contribution in [0.5, 0.6) is 0 Å². The van der Waals surface area contributed by atoms with E-state index in [9.17, 15) is 19.8 Å². The molecule has 9 atom stereocenters. The number of ketones is 1. The van der Waals surface area contributed by atoms with E-state index in [1.807, 2.05) is 27.7 Å². The first-order valence-corrected chi connectivity index (χ1v) is 12.4. The van der Waals surface area contributed by atoms with Crippen LogP contribution in [-0.2, 0) is 28.5 Å². The van der Waals surface area contributed by atoms with Crippen molar-refractivity contribution < 1.29 is 38.7 Å². The van der Waals surface area contributed by atoms with Gasteiger partial charge in [0, 0.05) is 19.8 Å². The first kappa shape index (κ1) is 29.1. The summed E-state index contributed by atoms with van der Waals surface area (Å²) in [4.78, 5) is 24.8. The van der Waals surface area contributed by atoms with Gasteiger partial charge in [0.2, 0.25) is 5.91 Å². The van der Waals surface area contributed by atoms with Gasteiger partial charge in [0.15, 0.2) is 12.1 Å². The predicted octanol–water partition coefficient (Wildman–Crippen LogP) is 2.10. The Bertz CT molecular complexity index is 700. The van der Waals surface area contributed by atoms with Gasteiger partial charge in [-0.05, 0) is 32.6 Å². The number of aliphatic hydroxyl groups is 2. The molecule has 0 spiro atoms. The first-order chi connectivity index (χ1) is 15.6. The first-order valence-electron chi connectivity index (χ1n) is 12.4. The summed E-state index contributed by atoms with van der Waals surface area (Å²) in [6.45, 7) is 16.7. The van der Waals surface area contributed by atoms with Crippen molar-refractivity contribution in [3.8, 4) is 0 Å². The molecule has 1 amide bonds. The molecular formula is C25H45NO8. The molecule has 2 rings (SSSR count). The van der Waals surface area contributed by atoms with Gasteiger partial charge in [0.1, 0.15) is 24.4 Å². The Hall–Kier alpha value is -1.10. The van der Waals surface area contributed by atoms with Crippen LogP contribution in [0.4, 0.5) is 0 Å². The Morgan fingerprint density at radius 1 is 1.03 bits per heavy atom. The lowest BCUT2D eigenvalue weighted by Crippen LogP contribution is -2.65. The van der Waals surface area contributed by atoms with Gasteiger partial charge in [-0.3, -0.25) is 9.59 Å². The molecule has 0 radical (unpaired) electrons. The highest BCUT2D eigenvalue weighted by Gasteiger charge is 2.52. The van der Waals surface area contributed by atoms with Crippen LogP contribution in [0.1, 0.15) is 81.6 Å². The quantitative estimate of drug-likeness (QED) is 0.499. The van der Waals surface area contributed by atoms with Gasteiger partial charge >= 0.3 is 0 Å². The van der Waals surface area contributed by atoms with E-state index in [1.54, 1.807) is 27.7 Å². The molecule has 34 heavy (non-hydrogen) atoms. The number of amides is 1. The molecule has 9 unspecified atom stereocenters. The molecule has 0 aromatic carbocycles. The Kier molecular flexibility index (Phi) is 9.69. The molecule has 0 bridgehead atoms. The largest absolute Gasteiger partial charge is 0.387 e. The summed E-state index contributed by atoms with van der Waals surface area (Å²) < 4.78 is 24.4. The van der Waals surface area contributed by atoms with Crippen LogP contribution in [0.2, 0.25) is 0 Å². The standard InChI is InChI=1S/C25H45NO8/c1-10-14-12-16(17(26-13(3)27)22(31-14)24(4,5)6)32-23-19(30)18(29)21(34-25(7,8)9)20(33-23)15(28)11-2/h14,16-23,29-30H,10-12H2,1-9H3,(H,26,27). The summed E-state index contributed by atoms with van der Waals surface area (Å²) in [5.41, 5.74) is -0.972. The topological polar surface area (TPSA) is 124 Å². The van der Waals surface area contributed by atoms with Crippen LogP contribution in [-0.4, -0.2) is 82.6 Å². The highest BCUT2D eigenvalue weighted by Crippen LogP contribution is 2.37.